The van der Waals surface area contributed by atoms with Crippen LogP contribution in [-0.2, 0) is 4.74 Å². The van der Waals surface area contributed by atoms with Gasteiger partial charge >= 0.3 is 5.97 Å². The van der Waals surface area contributed by atoms with E-state index in [-0.39, 0.29) is 16.4 Å². The first-order valence-corrected chi connectivity index (χ1v) is 8.77. The van der Waals surface area contributed by atoms with Gasteiger partial charge < -0.3 is 9.47 Å². The summed E-state index contributed by atoms with van der Waals surface area (Å²) < 4.78 is 10.9. The Morgan fingerprint density at radius 3 is 2.26 bits per heavy atom. The summed E-state index contributed by atoms with van der Waals surface area (Å²) in [7, 11) is 0. The molecule has 0 atom stereocenters. The maximum atomic E-state index is 12.4. The van der Waals surface area contributed by atoms with Crippen molar-refractivity contribution in [3.63, 3.8) is 0 Å². The summed E-state index contributed by atoms with van der Waals surface area (Å²) >= 11 is 11.7. The molecule has 0 saturated carbocycles. The minimum atomic E-state index is -0.657. The van der Waals surface area contributed by atoms with Crippen LogP contribution in [0.15, 0.2) is 72.8 Å². The number of para-hydroxylation sites is 2. The predicted octanol–water partition coefficient (Wildman–Crippen LogP) is 5.83. The molecule has 6 heteroatoms. The van der Waals surface area contributed by atoms with E-state index in [0.717, 1.165) is 0 Å². The summed E-state index contributed by atoms with van der Waals surface area (Å²) in [4.78, 5) is 24.6. The topological polar surface area (TPSA) is 52.6 Å². The molecular formula is C21H14Cl2O4. The molecule has 0 amide bonds. The number of benzene rings is 3. The van der Waals surface area contributed by atoms with Crippen LogP contribution >= 0.6 is 23.2 Å². The summed E-state index contributed by atoms with van der Waals surface area (Å²) in [6, 6.07) is 20.2. The van der Waals surface area contributed by atoms with E-state index in [0.29, 0.717) is 22.1 Å². The number of hydrogen-bond donors (Lipinski definition) is 0. The number of hydrogen-bond acceptors (Lipinski definition) is 4. The predicted molar refractivity (Wildman–Crippen MR) is 104 cm³/mol. The monoisotopic (exact) mass is 400 g/mol. The van der Waals surface area contributed by atoms with Gasteiger partial charge in [-0.15, -0.1) is 0 Å². The van der Waals surface area contributed by atoms with Crippen molar-refractivity contribution in [3.05, 3.63) is 94.0 Å². The van der Waals surface area contributed by atoms with Gasteiger partial charge in [0.25, 0.3) is 0 Å². The van der Waals surface area contributed by atoms with Crippen molar-refractivity contribution in [2.75, 3.05) is 6.61 Å². The molecule has 0 spiro atoms. The lowest BCUT2D eigenvalue weighted by Gasteiger charge is -2.11. The fourth-order valence-corrected chi connectivity index (χ4v) is 2.60. The summed E-state index contributed by atoms with van der Waals surface area (Å²) in [6.45, 7) is -0.420. The number of Topliss-reactive ketones (excluding diaryl/α,β-unsaturated/α-hetero) is 1. The SMILES string of the molecule is O=C(COC(=O)c1ccccc1Oc1ccccc1)c1ccc(Cl)c(Cl)c1. The van der Waals surface area contributed by atoms with Gasteiger partial charge in [-0.05, 0) is 42.5 Å². The molecule has 0 unspecified atom stereocenters. The lowest BCUT2D eigenvalue weighted by Crippen LogP contribution is -2.15. The highest BCUT2D eigenvalue weighted by Gasteiger charge is 2.17. The molecule has 136 valence electrons. The van der Waals surface area contributed by atoms with Gasteiger partial charge in [0.15, 0.2) is 12.4 Å². The summed E-state index contributed by atoms with van der Waals surface area (Å²) in [5.74, 6) is -0.112. The largest absolute Gasteiger partial charge is 0.456 e. The van der Waals surface area contributed by atoms with Gasteiger partial charge in [0, 0.05) is 5.56 Å². The van der Waals surface area contributed by atoms with Crippen molar-refractivity contribution in [2.24, 2.45) is 0 Å². The van der Waals surface area contributed by atoms with E-state index >= 15 is 0 Å². The third-order valence-corrected chi connectivity index (χ3v) is 4.39. The van der Waals surface area contributed by atoms with Crippen LogP contribution in [0.5, 0.6) is 11.5 Å². The first-order valence-electron chi connectivity index (χ1n) is 8.02. The Morgan fingerprint density at radius 1 is 0.815 bits per heavy atom. The number of ether oxygens (including phenoxy) is 2. The maximum absolute atomic E-state index is 12.4. The van der Waals surface area contributed by atoms with E-state index in [9.17, 15) is 9.59 Å². The van der Waals surface area contributed by atoms with Crippen molar-refractivity contribution < 1.29 is 19.1 Å². The quantitative estimate of drug-likeness (QED) is 0.386. The number of carbonyl (C=O) groups excluding carboxylic acids is 2. The van der Waals surface area contributed by atoms with Crippen molar-refractivity contribution in [3.8, 4) is 11.5 Å². The summed E-state index contributed by atoms with van der Waals surface area (Å²) in [6.07, 6.45) is 0. The van der Waals surface area contributed by atoms with E-state index in [1.165, 1.54) is 18.2 Å². The number of ketones is 1. The van der Waals surface area contributed by atoms with Gasteiger partial charge in [-0.25, -0.2) is 4.79 Å². The van der Waals surface area contributed by atoms with Crippen LogP contribution in [0, 0.1) is 0 Å². The van der Waals surface area contributed by atoms with Crippen LogP contribution in [0.1, 0.15) is 20.7 Å². The zero-order valence-corrected chi connectivity index (χ0v) is 15.5. The Bertz CT molecular complexity index is 971. The number of halogens is 2. The molecule has 0 aromatic heterocycles. The normalized spacial score (nSPS) is 10.3. The average Bonchev–Trinajstić information content (AvgIpc) is 2.69. The minimum absolute atomic E-state index is 0.225. The fraction of sp³-hybridized carbons (Fsp3) is 0.0476. The third-order valence-electron chi connectivity index (χ3n) is 3.65. The summed E-state index contributed by atoms with van der Waals surface area (Å²) in [5.41, 5.74) is 0.536. The second-order valence-corrected chi connectivity index (χ2v) is 6.35. The molecule has 0 fully saturated rings. The van der Waals surface area contributed by atoms with Gasteiger partial charge in [-0.1, -0.05) is 53.5 Å². The summed E-state index contributed by atoms with van der Waals surface area (Å²) in [5, 5.41) is 0.604. The molecule has 3 aromatic carbocycles. The van der Waals surface area contributed by atoms with Crippen LogP contribution in [0.4, 0.5) is 0 Å². The van der Waals surface area contributed by atoms with Crippen molar-refractivity contribution in [2.45, 2.75) is 0 Å². The molecular weight excluding hydrogens is 387 g/mol. The second kappa shape index (κ2) is 8.71. The standard InChI is InChI=1S/C21H14Cl2O4/c22-17-11-10-14(12-18(17)23)19(24)13-26-21(25)16-8-4-5-9-20(16)27-15-6-2-1-3-7-15/h1-12H,13H2. The highest BCUT2D eigenvalue weighted by atomic mass is 35.5. The second-order valence-electron chi connectivity index (χ2n) is 5.54. The molecule has 0 bridgehead atoms. The Kier molecular flexibility index (Phi) is 6.12. The van der Waals surface area contributed by atoms with E-state index < -0.39 is 12.6 Å². The molecule has 0 aliphatic carbocycles. The molecule has 0 aliphatic heterocycles. The lowest BCUT2D eigenvalue weighted by molar-refractivity contribution is 0.0472. The molecule has 0 heterocycles. The first kappa shape index (κ1) is 19.0. The highest BCUT2D eigenvalue weighted by Crippen LogP contribution is 2.26. The van der Waals surface area contributed by atoms with Crippen molar-refractivity contribution in [1.82, 2.24) is 0 Å². The molecule has 3 aromatic rings. The van der Waals surface area contributed by atoms with E-state index in [4.69, 9.17) is 32.7 Å². The lowest BCUT2D eigenvalue weighted by atomic mass is 10.1. The Labute approximate surface area is 166 Å². The number of carbonyl (C=O) groups is 2. The van der Waals surface area contributed by atoms with Crippen LogP contribution in [0.2, 0.25) is 10.0 Å². The molecule has 0 N–H and O–H groups in total. The Balaban J connectivity index is 1.69. The van der Waals surface area contributed by atoms with E-state index in [2.05, 4.69) is 0 Å². The van der Waals surface area contributed by atoms with Crippen LogP contribution < -0.4 is 4.74 Å². The van der Waals surface area contributed by atoms with Gasteiger partial charge in [0.2, 0.25) is 0 Å². The number of esters is 1. The average molecular weight is 401 g/mol. The molecule has 0 saturated heterocycles. The van der Waals surface area contributed by atoms with Gasteiger partial charge in [0.05, 0.1) is 10.0 Å². The molecule has 3 rings (SSSR count). The van der Waals surface area contributed by atoms with Crippen molar-refractivity contribution >= 4 is 35.0 Å². The third kappa shape index (κ3) is 4.88. The molecule has 27 heavy (non-hydrogen) atoms. The van der Waals surface area contributed by atoms with Crippen molar-refractivity contribution in [1.29, 1.82) is 0 Å². The van der Waals surface area contributed by atoms with Gasteiger partial charge in [-0.2, -0.15) is 0 Å². The van der Waals surface area contributed by atoms with E-state index in [1.54, 1.807) is 36.4 Å². The smallest absolute Gasteiger partial charge is 0.342 e. The van der Waals surface area contributed by atoms with Gasteiger partial charge in [0.1, 0.15) is 17.1 Å². The molecule has 0 radical (unpaired) electrons. The van der Waals surface area contributed by atoms with Crippen LogP contribution in [0.25, 0.3) is 0 Å². The Hall–Kier alpha value is -2.82. The molecule has 4 nitrogen and oxygen atoms in total. The highest BCUT2D eigenvalue weighted by molar-refractivity contribution is 6.42. The van der Waals surface area contributed by atoms with Crippen LogP contribution in [0.3, 0.4) is 0 Å². The Morgan fingerprint density at radius 2 is 1.52 bits per heavy atom. The number of rotatable bonds is 6. The first-order chi connectivity index (χ1) is 13.0. The maximum Gasteiger partial charge on any atom is 0.342 e. The van der Waals surface area contributed by atoms with Gasteiger partial charge in [-0.3, -0.25) is 4.79 Å². The minimum Gasteiger partial charge on any atom is -0.456 e. The van der Waals surface area contributed by atoms with Crippen LogP contribution in [-0.4, -0.2) is 18.4 Å². The molecule has 0 aliphatic rings. The zero-order chi connectivity index (χ0) is 19.2. The fourth-order valence-electron chi connectivity index (χ4n) is 2.30. The zero-order valence-electron chi connectivity index (χ0n) is 14.0. The van der Waals surface area contributed by atoms with E-state index in [1.807, 2.05) is 18.2 Å².